The Balaban J connectivity index is 2.66. The number of hydrogen-bond acceptors (Lipinski definition) is 2. The molecule has 13 heavy (non-hydrogen) atoms. The first kappa shape index (κ1) is 7.98. The molecular formula is C10H11N2O+. The van der Waals surface area contributed by atoms with Crippen LogP contribution in [0.4, 0.5) is 0 Å². The lowest BCUT2D eigenvalue weighted by molar-refractivity contribution is -0.884. The summed E-state index contributed by atoms with van der Waals surface area (Å²) in [5, 5.41) is 2.26. The summed E-state index contributed by atoms with van der Waals surface area (Å²) in [7, 11) is 1.63. The molecule has 0 amide bonds. The third-order valence-electron chi connectivity index (χ3n) is 1.98. The predicted octanol–water partition coefficient (Wildman–Crippen LogP) is 0.889. The largest absolute Gasteiger partial charge is 0.275 e. The van der Waals surface area contributed by atoms with Gasteiger partial charge in [-0.05, 0) is 18.4 Å². The topological polar surface area (TPSA) is 26.0 Å². The van der Waals surface area contributed by atoms with Gasteiger partial charge in [0, 0.05) is 22.7 Å². The molecule has 0 aliphatic heterocycles. The summed E-state index contributed by atoms with van der Waals surface area (Å²) in [6.07, 6.45) is 5.63. The molecule has 0 radical (unpaired) electrons. The second-order valence-electron chi connectivity index (χ2n) is 2.94. The first-order valence-corrected chi connectivity index (χ1v) is 4.12. The number of fused-ring (bicyclic) bond motifs is 1. The van der Waals surface area contributed by atoms with Crippen molar-refractivity contribution in [2.75, 3.05) is 7.11 Å². The molecule has 0 bridgehead atoms. The van der Waals surface area contributed by atoms with E-state index in [0.717, 1.165) is 11.1 Å². The average Bonchev–Trinajstić information content (AvgIpc) is 2.17. The third-order valence-corrected chi connectivity index (χ3v) is 1.98. The molecule has 0 unspecified atom stereocenters. The second-order valence-corrected chi connectivity index (χ2v) is 2.94. The molecule has 0 N–H and O–H groups in total. The van der Waals surface area contributed by atoms with Crippen LogP contribution in [0.1, 0.15) is 5.69 Å². The summed E-state index contributed by atoms with van der Waals surface area (Å²) in [6.45, 7) is 1.98. The van der Waals surface area contributed by atoms with E-state index >= 15 is 0 Å². The van der Waals surface area contributed by atoms with E-state index in [9.17, 15) is 0 Å². The fourth-order valence-electron chi connectivity index (χ4n) is 1.29. The van der Waals surface area contributed by atoms with Gasteiger partial charge in [0.25, 0.3) is 0 Å². The highest BCUT2D eigenvalue weighted by molar-refractivity contribution is 5.79. The van der Waals surface area contributed by atoms with Gasteiger partial charge in [0.2, 0.25) is 12.4 Å². The highest BCUT2D eigenvalue weighted by Gasteiger charge is 2.02. The van der Waals surface area contributed by atoms with Crippen molar-refractivity contribution in [2.24, 2.45) is 0 Å². The monoisotopic (exact) mass is 175 g/mol. The lowest BCUT2D eigenvalue weighted by atomic mass is 10.2. The molecule has 2 aromatic rings. The third kappa shape index (κ3) is 1.45. The molecule has 3 heteroatoms. The van der Waals surface area contributed by atoms with Gasteiger partial charge >= 0.3 is 0 Å². The Hall–Kier alpha value is -1.64. The van der Waals surface area contributed by atoms with E-state index in [4.69, 9.17) is 4.84 Å². The molecule has 2 rings (SSSR count). The van der Waals surface area contributed by atoms with Crippen molar-refractivity contribution in [3.63, 3.8) is 0 Å². The lowest BCUT2D eigenvalue weighted by Crippen LogP contribution is -2.39. The summed E-state index contributed by atoms with van der Waals surface area (Å²) < 4.78 is 1.65. The summed E-state index contributed by atoms with van der Waals surface area (Å²) in [5.41, 5.74) is 1.03. The van der Waals surface area contributed by atoms with E-state index in [2.05, 4.69) is 11.1 Å². The van der Waals surface area contributed by atoms with Crippen LogP contribution in [0.3, 0.4) is 0 Å². The minimum Gasteiger partial charge on any atom is -0.275 e. The van der Waals surface area contributed by atoms with Gasteiger partial charge in [-0.15, -0.1) is 0 Å². The van der Waals surface area contributed by atoms with E-state index in [-0.39, 0.29) is 0 Å². The zero-order valence-corrected chi connectivity index (χ0v) is 7.69. The van der Waals surface area contributed by atoms with Crippen LogP contribution in [0.5, 0.6) is 0 Å². The van der Waals surface area contributed by atoms with E-state index < -0.39 is 0 Å². The number of nitrogens with zero attached hydrogens (tertiary/aromatic N) is 2. The van der Waals surface area contributed by atoms with E-state index in [0.29, 0.717) is 0 Å². The highest BCUT2D eigenvalue weighted by Crippen LogP contribution is 2.09. The van der Waals surface area contributed by atoms with E-state index in [1.54, 1.807) is 11.8 Å². The summed E-state index contributed by atoms with van der Waals surface area (Å²) in [4.78, 5) is 9.26. The number of pyridine rings is 2. The van der Waals surface area contributed by atoms with Crippen LogP contribution in [0.25, 0.3) is 10.8 Å². The van der Waals surface area contributed by atoms with Gasteiger partial charge in [0.1, 0.15) is 7.11 Å². The molecule has 0 spiro atoms. The average molecular weight is 175 g/mol. The summed E-state index contributed by atoms with van der Waals surface area (Å²) >= 11 is 0. The van der Waals surface area contributed by atoms with Crippen molar-refractivity contribution in [2.45, 2.75) is 6.92 Å². The van der Waals surface area contributed by atoms with Crippen molar-refractivity contribution in [1.82, 2.24) is 4.98 Å². The van der Waals surface area contributed by atoms with Crippen molar-refractivity contribution >= 4 is 10.8 Å². The maximum absolute atomic E-state index is 5.04. The summed E-state index contributed by atoms with van der Waals surface area (Å²) in [5.74, 6) is 0. The molecule has 2 aromatic heterocycles. The lowest BCUT2D eigenvalue weighted by Gasteiger charge is -1.96. The normalized spacial score (nSPS) is 10.3. The van der Waals surface area contributed by atoms with E-state index in [1.807, 2.05) is 31.6 Å². The Bertz CT molecular complexity index is 440. The smallest absolute Gasteiger partial charge is 0.231 e. The zero-order chi connectivity index (χ0) is 9.26. The second kappa shape index (κ2) is 3.01. The zero-order valence-electron chi connectivity index (χ0n) is 7.69. The Morgan fingerprint density at radius 2 is 2.23 bits per heavy atom. The number of hydrogen-bond donors (Lipinski definition) is 0. The number of aryl methyl sites for hydroxylation is 1. The van der Waals surface area contributed by atoms with Crippen LogP contribution >= 0.6 is 0 Å². The Labute approximate surface area is 76.6 Å². The fourth-order valence-corrected chi connectivity index (χ4v) is 1.29. The first-order valence-electron chi connectivity index (χ1n) is 4.12. The molecule has 2 heterocycles. The van der Waals surface area contributed by atoms with Gasteiger partial charge in [-0.2, -0.15) is 0 Å². The molecule has 3 nitrogen and oxygen atoms in total. The van der Waals surface area contributed by atoms with Crippen molar-refractivity contribution in [3.05, 3.63) is 36.4 Å². The van der Waals surface area contributed by atoms with Crippen molar-refractivity contribution < 1.29 is 9.57 Å². The van der Waals surface area contributed by atoms with Gasteiger partial charge < -0.3 is 0 Å². The number of rotatable bonds is 1. The maximum atomic E-state index is 5.04. The van der Waals surface area contributed by atoms with Crippen molar-refractivity contribution in [3.8, 4) is 0 Å². The minimum absolute atomic E-state index is 1.03. The van der Waals surface area contributed by atoms with Crippen LogP contribution in [0.15, 0.2) is 30.7 Å². The van der Waals surface area contributed by atoms with Gasteiger partial charge in [-0.25, -0.2) is 0 Å². The van der Waals surface area contributed by atoms with Crippen LogP contribution in [0, 0.1) is 6.92 Å². The van der Waals surface area contributed by atoms with Crippen LogP contribution in [-0.2, 0) is 0 Å². The molecule has 0 aliphatic carbocycles. The standard InChI is InChI=1S/C10H11N2O/c1-8-5-9-3-4-12(13-2)7-10(9)6-11-8/h3-7H,1-2H3/q+1. The van der Waals surface area contributed by atoms with Crippen LogP contribution < -0.4 is 9.57 Å². The van der Waals surface area contributed by atoms with Gasteiger partial charge in [-0.3, -0.25) is 9.82 Å². The highest BCUT2D eigenvalue weighted by atomic mass is 16.6. The molecule has 0 saturated carbocycles. The van der Waals surface area contributed by atoms with Gasteiger partial charge in [0.15, 0.2) is 0 Å². The SMILES string of the molecule is CO[n+]1ccc2cc(C)ncc2c1. The molecule has 0 atom stereocenters. The molecule has 0 aromatic carbocycles. The van der Waals surface area contributed by atoms with Gasteiger partial charge in [0.05, 0.1) is 5.39 Å². The summed E-state index contributed by atoms with van der Waals surface area (Å²) in [6, 6.07) is 4.06. The Morgan fingerprint density at radius 1 is 1.38 bits per heavy atom. The Morgan fingerprint density at radius 3 is 3.00 bits per heavy atom. The molecule has 0 saturated heterocycles. The van der Waals surface area contributed by atoms with Crippen LogP contribution in [0.2, 0.25) is 0 Å². The number of aromatic nitrogens is 2. The van der Waals surface area contributed by atoms with Gasteiger partial charge in [-0.1, -0.05) is 0 Å². The Kier molecular flexibility index (Phi) is 1.85. The van der Waals surface area contributed by atoms with Crippen LogP contribution in [-0.4, -0.2) is 12.1 Å². The minimum atomic E-state index is 1.03. The molecular weight excluding hydrogens is 164 g/mol. The first-order chi connectivity index (χ1) is 6.29. The maximum Gasteiger partial charge on any atom is 0.231 e. The van der Waals surface area contributed by atoms with Crippen molar-refractivity contribution in [1.29, 1.82) is 0 Å². The quantitative estimate of drug-likeness (QED) is 0.601. The molecule has 0 fully saturated rings. The fraction of sp³-hybridized carbons (Fsp3) is 0.200. The predicted molar refractivity (Wildman–Crippen MR) is 49.2 cm³/mol. The molecule has 0 aliphatic rings. The molecule has 66 valence electrons. The van der Waals surface area contributed by atoms with E-state index in [1.165, 1.54) is 5.39 Å².